The predicted molar refractivity (Wildman–Crippen MR) is 84.8 cm³/mol. The number of hydrogen-bond acceptors (Lipinski definition) is 4. The third-order valence-electron chi connectivity index (χ3n) is 4.11. The summed E-state index contributed by atoms with van der Waals surface area (Å²) in [6.45, 7) is 2.72. The molecule has 0 spiro atoms. The second-order valence-corrected chi connectivity index (χ2v) is 7.18. The topological polar surface area (TPSA) is 51.5 Å². The van der Waals surface area contributed by atoms with Crippen molar-refractivity contribution in [3.63, 3.8) is 0 Å². The number of nitrogens with one attached hydrogen (secondary N) is 1. The van der Waals surface area contributed by atoms with E-state index in [1.807, 2.05) is 44.3 Å². The molecule has 1 aliphatic rings. The third-order valence-corrected chi connectivity index (χ3v) is 6.07. The summed E-state index contributed by atoms with van der Waals surface area (Å²) in [5.74, 6) is 1.40. The van der Waals surface area contributed by atoms with Gasteiger partial charge in [-0.2, -0.15) is 0 Å². The van der Waals surface area contributed by atoms with Crippen LogP contribution in [0.3, 0.4) is 0 Å². The van der Waals surface area contributed by atoms with Crippen LogP contribution in [0.1, 0.15) is 25.1 Å². The molecule has 21 heavy (non-hydrogen) atoms. The van der Waals surface area contributed by atoms with Crippen molar-refractivity contribution >= 4 is 21.8 Å². The quantitative estimate of drug-likeness (QED) is 0.922. The van der Waals surface area contributed by atoms with Crippen molar-refractivity contribution in [2.24, 2.45) is 0 Å². The highest BCUT2D eigenvalue weighted by Gasteiger charge is 2.31. The summed E-state index contributed by atoms with van der Waals surface area (Å²) in [4.78, 5) is 0. The highest BCUT2D eigenvalue weighted by atomic mass is 32.2. The highest BCUT2D eigenvalue weighted by molar-refractivity contribution is 7.85. The van der Waals surface area contributed by atoms with Crippen molar-refractivity contribution in [2.45, 2.75) is 30.7 Å². The molecule has 2 heterocycles. The van der Waals surface area contributed by atoms with Crippen LogP contribution in [0.25, 0.3) is 11.0 Å². The molecule has 4 unspecified atom stereocenters. The zero-order valence-corrected chi connectivity index (χ0v) is 13.2. The molecule has 0 saturated carbocycles. The molecule has 1 saturated heterocycles. The number of hydrogen-bond donors (Lipinski definition) is 1. The fourth-order valence-electron chi connectivity index (χ4n) is 2.83. The van der Waals surface area contributed by atoms with Gasteiger partial charge in [-0.15, -0.1) is 0 Å². The van der Waals surface area contributed by atoms with E-state index >= 15 is 0 Å². The molecule has 0 amide bonds. The maximum atomic E-state index is 12.6. The fraction of sp³-hybridized carbons (Fsp3) is 0.500. The van der Waals surface area contributed by atoms with Crippen molar-refractivity contribution in [1.82, 2.24) is 5.32 Å². The van der Waals surface area contributed by atoms with Crippen LogP contribution < -0.4 is 5.32 Å². The minimum Gasteiger partial charge on any atom is -0.459 e. The molecule has 3 rings (SSSR count). The molecule has 0 aliphatic carbocycles. The van der Waals surface area contributed by atoms with Gasteiger partial charge in [-0.3, -0.25) is 4.21 Å². The lowest BCUT2D eigenvalue weighted by atomic mass is 10.2. The van der Waals surface area contributed by atoms with E-state index < -0.39 is 10.8 Å². The molecule has 114 valence electrons. The number of rotatable bonds is 5. The van der Waals surface area contributed by atoms with Crippen LogP contribution in [0, 0.1) is 0 Å². The lowest BCUT2D eigenvalue weighted by molar-refractivity contribution is 0.127. The Morgan fingerprint density at radius 1 is 1.43 bits per heavy atom. The van der Waals surface area contributed by atoms with E-state index in [4.69, 9.17) is 9.15 Å². The number of benzene rings is 1. The van der Waals surface area contributed by atoms with Crippen LogP contribution in [-0.4, -0.2) is 35.0 Å². The average Bonchev–Trinajstić information content (AvgIpc) is 3.10. The molecule has 1 aromatic heterocycles. The summed E-state index contributed by atoms with van der Waals surface area (Å²) in [6.07, 6.45) is 0.962. The van der Waals surface area contributed by atoms with Gasteiger partial charge in [0.25, 0.3) is 0 Å². The minimum atomic E-state index is -0.925. The Morgan fingerprint density at radius 3 is 2.90 bits per heavy atom. The molecule has 4 nitrogen and oxygen atoms in total. The molecule has 1 N–H and O–H groups in total. The van der Waals surface area contributed by atoms with Crippen LogP contribution in [-0.2, 0) is 15.5 Å². The van der Waals surface area contributed by atoms with Gasteiger partial charge in [-0.1, -0.05) is 18.2 Å². The largest absolute Gasteiger partial charge is 0.459 e. The first-order chi connectivity index (χ1) is 10.2. The molecule has 0 bridgehead atoms. The summed E-state index contributed by atoms with van der Waals surface area (Å²) in [5.41, 5.74) is 0.871. The van der Waals surface area contributed by atoms with Crippen molar-refractivity contribution in [2.75, 3.05) is 19.4 Å². The fourth-order valence-corrected chi connectivity index (χ4v) is 4.60. The Hall–Kier alpha value is -1.17. The molecule has 5 heteroatoms. The minimum absolute atomic E-state index is 0.0361. The van der Waals surface area contributed by atoms with Crippen molar-refractivity contribution < 1.29 is 13.4 Å². The Morgan fingerprint density at radius 2 is 2.24 bits per heavy atom. The van der Waals surface area contributed by atoms with E-state index in [9.17, 15) is 4.21 Å². The molecule has 1 aromatic carbocycles. The van der Waals surface area contributed by atoms with Gasteiger partial charge in [0.15, 0.2) is 0 Å². The first-order valence-electron chi connectivity index (χ1n) is 7.33. The van der Waals surface area contributed by atoms with Crippen LogP contribution in [0.4, 0.5) is 0 Å². The van der Waals surface area contributed by atoms with E-state index in [1.165, 1.54) is 0 Å². The van der Waals surface area contributed by atoms with Crippen LogP contribution in [0.15, 0.2) is 34.7 Å². The summed E-state index contributed by atoms with van der Waals surface area (Å²) in [5, 5.41) is 4.43. The van der Waals surface area contributed by atoms with E-state index in [0.29, 0.717) is 12.4 Å². The molecule has 1 aliphatic heterocycles. The van der Waals surface area contributed by atoms with Gasteiger partial charge in [0, 0.05) is 28.5 Å². The molecular weight excluding hydrogens is 286 g/mol. The van der Waals surface area contributed by atoms with Crippen molar-refractivity contribution in [1.29, 1.82) is 0 Å². The maximum absolute atomic E-state index is 12.6. The van der Waals surface area contributed by atoms with Crippen LogP contribution in [0.5, 0.6) is 0 Å². The van der Waals surface area contributed by atoms with Gasteiger partial charge in [0.2, 0.25) is 0 Å². The Balaban J connectivity index is 1.76. The smallest absolute Gasteiger partial charge is 0.134 e. The second kappa shape index (κ2) is 6.30. The normalized spacial score (nSPS) is 25.2. The number of fused-ring (bicyclic) bond motifs is 1. The van der Waals surface area contributed by atoms with E-state index in [2.05, 4.69) is 5.32 Å². The SMILES string of the molecule is CNC(CS(=O)C1CCOC1C)c1cc2ccccc2o1. The van der Waals surface area contributed by atoms with Crippen LogP contribution in [0.2, 0.25) is 0 Å². The summed E-state index contributed by atoms with van der Waals surface area (Å²) in [6, 6.07) is 9.92. The Kier molecular flexibility index (Phi) is 4.42. The van der Waals surface area contributed by atoms with Gasteiger partial charge < -0.3 is 14.5 Å². The molecular formula is C16H21NO3S. The van der Waals surface area contributed by atoms with E-state index in [-0.39, 0.29) is 17.4 Å². The Bertz CT molecular complexity index is 606. The zero-order chi connectivity index (χ0) is 14.8. The van der Waals surface area contributed by atoms with Gasteiger partial charge in [0.05, 0.1) is 17.4 Å². The second-order valence-electron chi connectivity index (χ2n) is 5.48. The van der Waals surface area contributed by atoms with E-state index in [1.54, 1.807) is 0 Å². The van der Waals surface area contributed by atoms with Crippen molar-refractivity contribution in [3.8, 4) is 0 Å². The van der Waals surface area contributed by atoms with Gasteiger partial charge in [0.1, 0.15) is 11.3 Å². The predicted octanol–water partition coefficient (Wildman–Crippen LogP) is 2.62. The highest BCUT2D eigenvalue weighted by Crippen LogP contribution is 2.26. The Labute approximate surface area is 127 Å². The standard InChI is InChI=1S/C16H21NO3S/c1-11-16(7-8-19-11)21(18)10-13(17-2)15-9-12-5-3-4-6-14(12)20-15/h3-6,9,11,13,16-17H,7-8,10H2,1-2H3. The molecule has 1 fully saturated rings. The molecule has 0 radical (unpaired) electrons. The lowest BCUT2D eigenvalue weighted by Gasteiger charge is -2.18. The third kappa shape index (κ3) is 3.05. The van der Waals surface area contributed by atoms with Gasteiger partial charge in [-0.05, 0) is 32.5 Å². The first-order valence-corrected chi connectivity index (χ1v) is 8.71. The zero-order valence-electron chi connectivity index (χ0n) is 12.4. The monoisotopic (exact) mass is 307 g/mol. The number of para-hydroxylation sites is 1. The first kappa shape index (κ1) is 14.8. The average molecular weight is 307 g/mol. The lowest BCUT2D eigenvalue weighted by Crippen LogP contribution is -2.30. The number of ether oxygens (including phenoxy) is 1. The summed E-state index contributed by atoms with van der Waals surface area (Å²) >= 11 is 0. The number of furan rings is 1. The van der Waals surface area contributed by atoms with Gasteiger partial charge in [-0.25, -0.2) is 0 Å². The maximum Gasteiger partial charge on any atom is 0.134 e. The van der Waals surface area contributed by atoms with Crippen molar-refractivity contribution in [3.05, 3.63) is 36.1 Å². The van der Waals surface area contributed by atoms with E-state index in [0.717, 1.165) is 23.2 Å². The van der Waals surface area contributed by atoms with Crippen LogP contribution >= 0.6 is 0 Å². The summed E-state index contributed by atoms with van der Waals surface area (Å²) < 4.78 is 24.0. The molecule has 2 aromatic rings. The summed E-state index contributed by atoms with van der Waals surface area (Å²) in [7, 11) is 0.954. The molecule has 4 atom stereocenters. The van der Waals surface area contributed by atoms with Gasteiger partial charge >= 0.3 is 0 Å².